The van der Waals surface area contributed by atoms with E-state index in [4.69, 9.17) is 0 Å². The van der Waals surface area contributed by atoms with Gasteiger partial charge in [-0.2, -0.15) is 4.39 Å². The van der Waals surface area contributed by atoms with Gasteiger partial charge in [-0.1, -0.05) is 6.07 Å². The lowest BCUT2D eigenvalue weighted by Gasteiger charge is -2.14. The molecule has 0 saturated carbocycles. The highest BCUT2D eigenvalue weighted by Gasteiger charge is 2.27. The number of aliphatic hydroxyl groups excluding tert-OH is 2. The summed E-state index contributed by atoms with van der Waals surface area (Å²) in [6, 6.07) is 3.69. The zero-order chi connectivity index (χ0) is 11.4. The van der Waals surface area contributed by atoms with Crippen LogP contribution in [0.3, 0.4) is 0 Å². The molecule has 0 amide bonds. The fraction of sp³-hybridized carbons (Fsp3) is 0.333. The monoisotopic (exact) mass is 215 g/mol. The van der Waals surface area contributed by atoms with E-state index in [2.05, 4.69) is 9.72 Å². The maximum Gasteiger partial charge on any atom is 0.337 e. The Morgan fingerprint density at radius 1 is 1.53 bits per heavy atom. The zero-order valence-electron chi connectivity index (χ0n) is 7.92. The number of hydrogen-bond acceptors (Lipinski definition) is 5. The Balaban J connectivity index is 2.84. The quantitative estimate of drug-likeness (QED) is 0.538. The van der Waals surface area contributed by atoms with E-state index >= 15 is 0 Å². The van der Waals surface area contributed by atoms with E-state index in [1.54, 1.807) is 0 Å². The minimum atomic E-state index is -1.77. The van der Waals surface area contributed by atoms with Crippen molar-refractivity contribution in [1.82, 2.24) is 4.98 Å². The standard InChI is InChI=1S/C9H10FNO4/c1-15-9(14)8(13)7(12)5-3-2-4-6(10)11-5/h2-4,7-8,12-13H,1H3. The van der Waals surface area contributed by atoms with Gasteiger partial charge in [0.2, 0.25) is 5.95 Å². The molecule has 0 aliphatic rings. The van der Waals surface area contributed by atoms with Crippen molar-refractivity contribution in [2.75, 3.05) is 7.11 Å². The molecule has 1 rings (SSSR count). The van der Waals surface area contributed by atoms with Gasteiger partial charge in [0, 0.05) is 0 Å². The van der Waals surface area contributed by atoms with Gasteiger partial charge in [-0.05, 0) is 12.1 Å². The Hall–Kier alpha value is -1.53. The van der Waals surface area contributed by atoms with Gasteiger partial charge in [0.05, 0.1) is 12.8 Å². The smallest absolute Gasteiger partial charge is 0.337 e. The van der Waals surface area contributed by atoms with Crippen LogP contribution in [-0.4, -0.2) is 34.4 Å². The first-order valence-corrected chi connectivity index (χ1v) is 4.12. The SMILES string of the molecule is COC(=O)C(O)C(O)c1cccc(F)n1. The number of carbonyl (C=O) groups excluding carboxylic acids is 1. The van der Waals surface area contributed by atoms with E-state index in [1.165, 1.54) is 12.1 Å². The molecule has 0 saturated heterocycles. The Labute approximate surface area is 85.1 Å². The summed E-state index contributed by atoms with van der Waals surface area (Å²) in [5.74, 6) is -1.81. The van der Waals surface area contributed by atoms with E-state index in [0.29, 0.717) is 0 Å². The summed E-state index contributed by atoms with van der Waals surface area (Å²) in [6.07, 6.45) is -3.38. The molecule has 1 heterocycles. The second-order valence-corrected chi connectivity index (χ2v) is 2.80. The highest BCUT2D eigenvalue weighted by Crippen LogP contribution is 2.15. The molecule has 5 nitrogen and oxygen atoms in total. The summed E-state index contributed by atoms with van der Waals surface area (Å²) in [5, 5.41) is 18.7. The normalized spacial score (nSPS) is 14.4. The van der Waals surface area contributed by atoms with Crippen LogP contribution in [0.2, 0.25) is 0 Å². The molecule has 0 aliphatic heterocycles. The number of esters is 1. The average molecular weight is 215 g/mol. The summed E-state index contributed by atoms with van der Waals surface area (Å²) in [5.41, 5.74) is -0.132. The van der Waals surface area contributed by atoms with Crippen LogP contribution in [0.15, 0.2) is 18.2 Å². The number of pyridine rings is 1. The van der Waals surface area contributed by atoms with E-state index in [9.17, 15) is 19.4 Å². The van der Waals surface area contributed by atoms with Crippen LogP contribution in [0.4, 0.5) is 4.39 Å². The van der Waals surface area contributed by atoms with Gasteiger partial charge in [0.25, 0.3) is 0 Å². The number of rotatable bonds is 3. The highest BCUT2D eigenvalue weighted by atomic mass is 19.1. The predicted octanol–water partition coefficient (Wildman–Crippen LogP) is -0.212. The number of ether oxygens (including phenoxy) is 1. The van der Waals surface area contributed by atoms with Gasteiger partial charge in [-0.25, -0.2) is 9.78 Å². The molecule has 15 heavy (non-hydrogen) atoms. The lowest BCUT2D eigenvalue weighted by molar-refractivity contribution is -0.157. The summed E-state index contributed by atoms with van der Waals surface area (Å²) in [6.45, 7) is 0. The van der Waals surface area contributed by atoms with Crippen LogP contribution in [0.1, 0.15) is 11.8 Å². The minimum Gasteiger partial charge on any atom is -0.467 e. The molecule has 0 fully saturated rings. The van der Waals surface area contributed by atoms with Gasteiger partial charge < -0.3 is 14.9 Å². The number of aliphatic hydroxyl groups is 2. The van der Waals surface area contributed by atoms with Gasteiger partial charge in [0.1, 0.15) is 6.10 Å². The molecule has 82 valence electrons. The van der Waals surface area contributed by atoms with Crippen LogP contribution in [0, 0.1) is 5.95 Å². The summed E-state index contributed by atoms with van der Waals surface area (Å²) >= 11 is 0. The third-order valence-corrected chi connectivity index (χ3v) is 1.78. The second-order valence-electron chi connectivity index (χ2n) is 2.80. The summed E-state index contributed by atoms with van der Waals surface area (Å²) in [7, 11) is 1.07. The lowest BCUT2D eigenvalue weighted by Crippen LogP contribution is -2.29. The molecule has 1 aromatic rings. The van der Waals surface area contributed by atoms with E-state index in [-0.39, 0.29) is 5.69 Å². The number of hydrogen-bond donors (Lipinski definition) is 2. The van der Waals surface area contributed by atoms with Crippen molar-refractivity contribution >= 4 is 5.97 Å². The third-order valence-electron chi connectivity index (χ3n) is 1.78. The third kappa shape index (κ3) is 2.71. The van der Waals surface area contributed by atoms with Crippen molar-refractivity contribution in [1.29, 1.82) is 0 Å². The molecule has 2 unspecified atom stereocenters. The number of carbonyl (C=O) groups is 1. The molecule has 0 bridgehead atoms. The predicted molar refractivity (Wildman–Crippen MR) is 47.2 cm³/mol. The highest BCUT2D eigenvalue weighted by molar-refractivity contribution is 5.75. The maximum atomic E-state index is 12.7. The van der Waals surface area contributed by atoms with Crippen molar-refractivity contribution in [3.05, 3.63) is 29.8 Å². The molecule has 1 aromatic heterocycles. The van der Waals surface area contributed by atoms with Crippen LogP contribution < -0.4 is 0 Å². The van der Waals surface area contributed by atoms with E-state index in [1.807, 2.05) is 0 Å². The topological polar surface area (TPSA) is 79.7 Å². The van der Waals surface area contributed by atoms with Gasteiger partial charge in [-0.3, -0.25) is 0 Å². The Bertz CT molecular complexity index is 358. The first-order chi connectivity index (χ1) is 7.06. The number of aromatic nitrogens is 1. The average Bonchev–Trinajstić information content (AvgIpc) is 2.26. The first-order valence-electron chi connectivity index (χ1n) is 4.12. The minimum absolute atomic E-state index is 0.132. The van der Waals surface area contributed by atoms with Crippen molar-refractivity contribution in [3.8, 4) is 0 Å². The molecular formula is C9H10FNO4. The first kappa shape index (κ1) is 11.5. The molecule has 0 aromatic carbocycles. The van der Waals surface area contributed by atoms with Gasteiger partial charge >= 0.3 is 5.97 Å². The van der Waals surface area contributed by atoms with Crippen LogP contribution in [-0.2, 0) is 9.53 Å². The lowest BCUT2D eigenvalue weighted by atomic mass is 10.1. The Morgan fingerprint density at radius 2 is 2.20 bits per heavy atom. The number of nitrogens with zero attached hydrogens (tertiary/aromatic N) is 1. The van der Waals surface area contributed by atoms with Crippen molar-refractivity contribution in [2.45, 2.75) is 12.2 Å². The zero-order valence-corrected chi connectivity index (χ0v) is 7.92. The van der Waals surface area contributed by atoms with Crippen molar-refractivity contribution in [3.63, 3.8) is 0 Å². The molecule has 2 N–H and O–H groups in total. The molecule has 2 atom stereocenters. The molecular weight excluding hydrogens is 205 g/mol. The fourth-order valence-electron chi connectivity index (χ4n) is 1.00. The number of methoxy groups -OCH3 is 1. The van der Waals surface area contributed by atoms with Crippen molar-refractivity contribution < 1.29 is 24.1 Å². The Morgan fingerprint density at radius 3 is 2.73 bits per heavy atom. The Kier molecular flexibility index (Phi) is 3.70. The largest absolute Gasteiger partial charge is 0.467 e. The molecule has 0 radical (unpaired) electrons. The summed E-state index contributed by atoms with van der Waals surface area (Å²) < 4.78 is 16.9. The van der Waals surface area contributed by atoms with Gasteiger partial charge in [-0.15, -0.1) is 0 Å². The summed E-state index contributed by atoms with van der Waals surface area (Å²) in [4.78, 5) is 14.2. The molecule has 0 aliphatic carbocycles. The maximum absolute atomic E-state index is 12.7. The van der Waals surface area contributed by atoms with Crippen LogP contribution in [0.5, 0.6) is 0 Å². The number of halogens is 1. The fourth-order valence-corrected chi connectivity index (χ4v) is 1.00. The van der Waals surface area contributed by atoms with E-state index in [0.717, 1.165) is 13.2 Å². The van der Waals surface area contributed by atoms with Crippen LogP contribution in [0.25, 0.3) is 0 Å². The molecule has 6 heteroatoms. The van der Waals surface area contributed by atoms with Gasteiger partial charge in [0.15, 0.2) is 6.10 Å². The van der Waals surface area contributed by atoms with E-state index < -0.39 is 24.1 Å². The van der Waals surface area contributed by atoms with Crippen LogP contribution >= 0.6 is 0 Å². The van der Waals surface area contributed by atoms with Crippen molar-refractivity contribution in [2.24, 2.45) is 0 Å². The molecule has 0 spiro atoms. The second kappa shape index (κ2) is 4.81.